The van der Waals surface area contributed by atoms with Gasteiger partial charge in [-0.3, -0.25) is 0 Å². The lowest BCUT2D eigenvalue weighted by molar-refractivity contribution is -0.0998. The molecule has 4 heteroatoms. The molecule has 0 spiro atoms. The van der Waals surface area contributed by atoms with Gasteiger partial charge < -0.3 is 10.2 Å². The van der Waals surface area contributed by atoms with Crippen molar-refractivity contribution in [2.45, 2.75) is 17.6 Å². The first-order valence-electron chi connectivity index (χ1n) is 4.01. The van der Waals surface area contributed by atoms with Gasteiger partial charge in [-0.05, 0) is 36.8 Å². The van der Waals surface area contributed by atoms with Gasteiger partial charge in [0.15, 0.2) is 5.79 Å². The summed E-state index contributed by atoms with van der Waals surface area (Å²) in [6.07, 6.45) is 2.83. The molecule has 14 heavy (non-hydrogen) atoms. The van der Waals surface area contributed by atoms with Crippen LogP contribution in [0.1, 0.15) is 12.5 Å². The Labute approximate surface area is 93.2 Å². The highest BCUT2D eigenvalue weighted by molar-refractivity contribution is 7.80. The summed E-state index contributed by atoms with van der Waals surface area (Å²) in [5.41, 5.74) is 0.746. The van der Waals surface area contributed by atoms with Crippen LogP contribution in [0, 0.1) is 0 Å². The van der Waals surface area contributed by atoms with Gasteiger partial charge in [-0.2, -0.15) is 0 Å². The molecule has 0 aliphatic rings. The fourth-order valence-electron chi connectivity index (χ4n) is 0.907. The summed E-state index contributed by atoms with van der Waals surface area (Å²) >= 11 is 9.98. The van der Waals surface area contributed by atoms with Crippen molar-refractivity contribution < 1.29 is 10.2 Å². The number of halogens is 1. The fourth-order valence-corrected chi connectivity index (χ4v) is 1.30. The van der Waals surface area contributed by atoms with Crippen molar-refractivity contribution in [3.63, 3.8) is 0 Å². The highest BCUT2D eigenvalue weighted by atomic mass is 35.5. The third-order valence-corrected chi connectivity index (χ3v) is 2.21. The molecule has 1 aromatic rings. The van der Waals surface area contributed by atoms with E-state index in [1.54, 1.807) is 24.3 Å². The van der Waals surface area contributed by atoms with Crippen LogP contribution in [0.4, 0.5) is 0 Å². The second kappa shape index (κ2) is 4.36. The van der Waals surface area contributed by atoms with E-state index in [1.807, 2.05) is 0 Å². The Kier molecular flexibility index (Phi) is 3.61. The van der Waals surface area contributed by atoms with Crippen LogP contribution in [0.5, 0.6) is 0 Å². The Morgan fingerprint density at radius 2 is 2.07 bits per heavy atom. The molecule has 0 aromatic heterocycles. The number of hydrogen-bond acceptors (Lipinski definition) is 3. The molecule has 0 aliphatic carbocycles. The van der Waals surface area contributed by atoms with E-state index in [4.69, 9.17) is 21.8 Å². The van der Waals surface area contributed by atoms with Gasteiger partial charge in [-0.25, -0.2) is 0 Å². The SMILES string of the molecule is CC(O)(O)/C=C/c1cc(Cl)ccc1S. The average molecular weight is 231 g/mol. The lowest BCUT2D eigenvalue weighted by Crippen LogP contribution is -2.18. The van der Waals surface area contributed by atoms with Gasteiger partial charge in [0, 0.05) is 9.92 Å². The standard InChI is InChI=1S/C10H11ClO2S/c1-10(12,13)5-4-7-6-8(11)2-3-9(7)14/h2-6,12-14H,1H3/b5-4+. The third-order valence-electron chi connectivity index (χ3n) is 1.57. The van der Waals surface area contributed by atoms with E-state index in [0.717, 1.165) is 10.5 Å². The van der Waals surface area contributed by atoms with Gasteiger partial charge in [-0.1, -0.05) is 17.7 Å². The van der Waals surface area contributed by atoms with Crippen LogP contribution in [-0.2, 0) is 0 Å². The smallest absolute Gasteiger partial charge is 0.179 e. The largest absolute Gasteiger partial charge is 0.363 e. The zero-order valence-electron chi connectivity index (χ0n) is 7.61. The van der Waals surface area contributed by atoms with Crippen molar-refractivity contribution >= 4 is 30.3 Å². The number of thiol groups is 1. The second-order valence-corrected chi connectivity index (χ2v) is 4.05. The van der Waals surface area contributed by atoms with E-state index in [-0.39, 0.29) is 0 Å². The van der Waals surface area contributed by atoms with E-state index in [9.17, 15) is 0 Å². The minimum atomic E-state index is -1.82. The first-order chi connectivity index (χ1) is 6.38. The molecule has 2 nitrogen and oxygen atoms in total. The molecule has 0 atom stereocenters. The number of rotatable bonds is 2. The molecule has 0 saturated heterocycles. The number of hydrogen-bond donors (Lipinski definition) is 3. The maximum atomic E-state index is 9.05. The molecule has 0 amide bonds. The lowest BCUT2D eigenvalue weighted by Gasteiger charge is -2.09. The van der Waals surface area contributed by atoms with Gasteiger partial charge in [-0.15, -0.1) is 12.6 Å². The molecule has 0 aliphatic heterocycles. The van der Waals surface area contributed by atoms with Crippen LogP contribution in [0.25, 0.3) is 6.08 Å². The van der Waals surface area contributed by atoms with Crippen molar-refractivity contribution in [2.75, 3.05) is 0 Å². The lowest BCUT2D eigenvalue weighted by atomic mass is 10.2. The minimum Gasteiger partial charge on any atom is -0.363 e. The summed E-state index contributed by atoms with van der Waals surface area (Å²) in [7, 11) is 0. The molecule has 0 fully saturated rings. The van der Waals surface area contributed by atoms with Gasteiger partial charge in [0.25, 0.3) is 0 Å². The molecule has 0 bridgehead atoms. The van der Waals surface area contributed by atoms with E-state index in [1.165, 1.54) is 13.0 Å². The molecular formula is C10H11ClO2S. The Hall–Kier alpha value is -0.480. The van der Waals surface area contributed by atoms with Gasteiger partial charge in [0.1, 0.15) is 0 Å². The summed E-state index contributed by atoms with van der Waals surface area (Å²) in [4.78, 5) is 0.731. The van der Waals surface area contributed by atoms with E-state index >= 15 is 0 Å². The van der Waals surface area contributed by atoms with Crippen molar-refractivity contribution in [2.24, 2.45) is 0 Å². The topological polar surface area (TPSA) is 40.5 Å². The molecule has 1 aromatic carbocycles. The molecule has 0 unspecified atom stereocenters. The monoisotopic (exact) mass is 230 g/mol. The first kappa shape index (κ1) is 11.6. The third kappa shape index (κ3) is 3.72. The van der Waals surface area contributed by atoms with Crippen LogP contribution in [0.15, 0.2) is 29.2 Å². The summed E-state index contributed by atoms with van der Waals surface area (Å²) in [5.74, 6) is -1.82. The predicted octanol–water partition coefficient (Wildman–Crippen LogP) is 2.34. The van der Waals surface area contributed by atoms with Crippen LogP contribution < -0.4 is 0 Å². The Morgan fingerprint density at radius 3 is 2.64 bits per heavy atom. The van der Waals surface area contributed by atoms with Crippen LogP contribution in [0.2, 0.25) is 5.02 Å². The van der Waals surface area contributed by atoms with Crippen molar-refractivity contribution in [3.8, 4) is 0 Å². The van der Waals surface area contributed by atoms with Crippen LogP contribution in [0.3, 0.4) is 0 Å². The summed E-state index contributed by atoms with van der Waals surface area (Å²) in [6, 6.07) is 5.17. The second-order valence-electron chi connectivity index (χ2n) is 3.13. The fraction of sp³-hybridized carbons (Fsp3) is 0.200. The molecular weight excluding hydrogens is 220 g/mol. The predicted molar refractivity (Wildman–Crippen MR) is 60.6 cm³/mol. The Bertz CT molecular complexity index is 356. The van der Waals surface area contributed by atoms with Gasteiger partial charge >= 0.3 is 0 Å². The molecule has 0 saturated carbocycles. The molecule has 2 N–H and O–H groups in total. The van der Waals surface area contributed by atoms with Crippen LogP contribution in [-0.4, -0.2) is 16.0 Å². The Balaban J connectivity index is 2.97. The van der Waals surface area contributed by atoms with Crippen molar-refractivity contribution in [3.05, 3.63) is 34.9 Å². The Morgan fingerprint density at radius 1 is 1.43 bits per heavy atom. The zero-order valence-corrected chi connectivity index (χ0v) is 9.26. The highest BCUT2D eigenvalue weighted by Crippen LogP contribution is 2.21. The van der Waals surface area contributed by atoms with Gasteiger partial charge in [0.2, 0.25) is 0 Å². The number of benzene rings is 1. The molecule has 76 valence electrons. The molecule has 1 rings (SSSR count). The minimum absolute atomic E-state index is 0.583. The quantitative estimate of drug-likeness (QED) is 0.539. The van der Waals surface area contributed by atoms with Crippen molar-refractivity contribution in [1.82, 2.24) is 0 Å². The molecule has 0 radical (unpaired) electrons. The summed E-state index contributed by atoms with van der Waals surface area (Å²) in [5, 5.41) is 18.7. The van der Waals surface area contributed by atoms with E-state index in [0.29, 0.717) is 5.02 Å². The van der Waals surface area contributed by atoms with E-state index in [2.05, 4.69) is 12.6 Å². The zero-order chi connectivity index (χ0) is 10.8. The highest BCUT2D eigenvalue weighted by Gasteiger charge is 2.08. The molecule has 0 heterocycles. The average Bonchev–Trinajstić information content (AvgIpc) is 2.05. The normalized spacial score (nSPS) is 12.4. The maximum absolute atomic E-state index is 9.05. The first-order valence-corrected chi connectivity index (χ1v) is 4.83. The maximum Gasteiger partial charge on any atom is 0.179 e. The van der Waals surface area contributed by atoms with Gasteiger partial charge in [0.05, 0.1) is 0 Å². The summed E-state index contributed by atoms with van der Waals surface area (Å²) in [6.45, 7) is 1.27. The van der Waals surface area contributed by atoms with Crippen LogP contribution >= 0.6 is 24.2 Å². The van der Waals surface area contributed by atoms with Crippen molar-refractivity contribution in [1.29, 1.82) is 0 Å². The summed E-state index contributed by atoms with van der Waals surface area (Å²) < 4.78 is 0. The van der Waals surface area contributed by atoms with E-state index < -0.39 is 5.79 Å². The number of aliphatic hydroxyl groups is 2.